The second-order valence-electron chi connectivity index (χ2n) is 4.61. The summed E-state index contributed by atoms with van der Waals surface area (Å²) in [6.07, 6.45) is 0. The van der Waals surface area contributed by atoms with Crippen LogP contribution >= 0.6 is 11.3 Å². The van der Waals surface area contributed by atoms with Crippen LogP contribution in [0.25, 0.3) is 11.1 Å². The Hall–Kier alpha value is -2.06. The molecule has 0 atom stereocenters. The first kappa shape index (κ1) is 12.9. The topological polar surface area (TPSA) is 3.24 Å². The number of hydrogen-bond acceptors (Lipinski definition) is 2. The molecular weight excluding hydrogens is 262 g/mol. The molecule has 0 aliphatic rings. The lowest BCUT2D eigenvalue weighted by Crippen LogP contribution is -2.14. The van der Waals surface area contributed by atoms with Gasteiger partial charge in [-0.3, -0.25) is 0 Å². The van der Waals surface area contributed by atoms with Crippen molar-refractivity contribution in [2.45, 2.75) is 6.92 Å². The third kappa shape index (κ3) is 2.61. The van der Waals surface area contributed by atoms with Gasteiger partial charge in [-0.25, -0.2) is 0 Å². The van der Waals surface area contributed by atoms with Crippen molar-refractivity contribution in [2.24, 2.45) is 0 Å². The predicted octanol–water partition coefficient (Wildman–Crippen LogP) is 5.57. The number of benzene rings is 2. The van der Waals surface area contributed by atoms with Gasteiger partial charge in [0.1, 0.15) is 0 Å². The van der Waals surface area contributed by atoms with Crippen LogP contribution in [0.15, 0.2) is 72.1 Å². The van der Waals surface area contributed by atoms with Crippen molar-refractivity contribution >= 4 is 22.0 Å². The molecule has 1 nitrogen and oxygen atoms in total. The van der Waals surface area contributed by atoms with Crippen LogP contribution in [0.2, 0.25) is 0 Å². The Morgan fingerprint density at radius 3 is 2.35 bits per heavy atom. The van der Waals surface area contributed by atoms with E-state index in [0.29, 0.717) is 0 Å². The van der Waals surface area contributed by atoms with Crippen molar-refractivity contribution in [3.8, 4) is 11.1 Å². The quantitative estimate of drug-likeness (QED) is 0.603. The third-order valence-electron chi connectivity index (χ3n) is 3.35. The van der Waals surface area contributed by atoms with E-state index in [1.54, 1.807) is 11.3 Å². The molecule has 2 aromatic carbocycles. The normalized spacial score (nSPS) is 10.4. The van der Waals surface area contributed by atoms with Gasteiger partial charge in [-0.05, 0) is 47.7 Å². The van der Waals surface area contributed by atoms with E-state index in [4.69, 9.17) is 0 Å². The predicted molar refractivity (Wildman–Crippen MR) is 88.9 cm³/mol. The van der Waals surface area contributed by atoms with Crippen molar-refractivity contribution in [3.63, 3.8) is 0 Å². The molecule has 0 aliphatic carbocycles. The highest BCUT2D eigenvalue weighted by molar-refractivity contribution is 7.14. The molecule has 0 fully saturated rings. The van der Waals surface area contributed by atoms with Crippen LogP contribution < -0.4 is 4.90 Å². The van der Waals surface area contributed by atoms with Gasteiger partial charge in [0.05, 0.1) is 5.00 Å². The smallest absolute Gasteiger partial charge is 0.0952 e. The lowest BCUT2D eigenvalue weighted by molar-refractivity contribution is 1.04. The highest BCUT2D eigenvalue weighted by Gasteiger charge is 2.08. The largest absolute Gasteiger partial charge is 0.334 e. The fourth-order valence-corrected chi connectivity index (χ4v) is 3.19. The van der Waals surface area contributed by atoms with Crippen LogP contribution in [0.5, 0.6) is 0 Å². The van der Waals surface area contributed by atoms with Gasteiger partial charge in [0.25, 0.3) is 0 Å². The fourth-order valence-electron chi connectivity index (χ4n) is 2.37. The molecule has 0 spiro atoms. The molecule has 3 rings (SSSR count). The molecule has 20 heavy (non-hydrogen) atoms. The lowest BCUT2D eigenvalue weighted by atomic mass is 10.1. The number of anilines is 2. The van der Waals surface area contributed by atoms with Gasteiger partial charge < -0.3 is 4.90 Å². The number of thiophene rings is 1. The molecule has 0 bridgehead atoms. The Morgan fingerprint density at radius 2 is 1.65 bits per heavy atom. The summed E-state index contributed by atoms with van der Waals surface area (Å²) >= 11 is 1.78. The standard InChI is InChI=1S/C18H17NS/c1-2-19(18-12-7-13-20-18)17-11-6-10-16(14-17)15-8-4-3-5-9-15/h3-14H,2H2,1H3. The zero-order valence-corrected chi connectivity index (χ0v) is 12.3. The Labute approximate surface area is 124 Å². The maximum Gasteiger partial charge on any atom is 0.0952 e. The average Bonchev–Trinajstić information content (AvgIpc) is 3.03. The molecule has 0 unspecified atom stereocenters. The first-order valence-electron chi connectivity index (χ1n) is 6.85. The SMILES string of the molecule is CCN(c1cccc(-c2ccccc2)c1)c1cccs1. The molecule has 0 radical (unpaired) electrons. The molecule has 1 aromatic heterocycles. The average molecular weight is 279 g/mol. The number of nitrogens with zero attached hydrogens (tertiary/aromatic N) is 1. The highest BCUT2D eigenvalue weighted by Crippen LogP contribution is 2.31. The molecule has 0 amide bonds. The van der Waals surface area contributed by atoms with E-state index < -0.39 is 0 Å². The fraction of sp³-hybridized carbons (Fsp3) is 0.111. The van der Waals surface area contributed by atoms with Crippen molar-refractivity contribution in [1.82, 2.24) is 0 Å². The molecule has 100 valence electrons. The van der Waals surface area contributed by atoms with E-state index >= 15 is 0 Å². The maximum atomic E-state index is 2.34. The van der Waals surface area contributed by atoms with E-state index in [1.165, 1.54) is 21.8 Å². The summed E-state index contributed by atoms with van der Waals surface area (Å²) in [4.78, 5) is 2.34. The molecule has 0 N–H and O–H groups in total. The van der Waals surface area contributed by atoms with Crippen molar-refractivity contribution in [3.05, 3.63) is 72.1 Å². The van der Waals surface area contributed by atoms with Crippen molar-refractivity contribution in [2.75, 3.05) is 11.4 Å². The minimum absolute atomic E-state index is 0.971. The molecule has 3 aromatic rings. The monoisotopic (exact) mass is 279 g/mol. The second-order valence-corrected chi connectivity index (χ2v) is 5.54. The summed E-state index contributed by atoms with van der Waals surface area (Å²) in [6.45, 7) is 3.16. The van der Waals surface area contributed by atoms with E-state index in [1.807, 2.05) is 0 Å². The van der Waals surface area contributed by atoms with Gasteiger partial charge >= 0.3 is 0 Å². The molecule has 0 saturated heterocycles. The summed E-state index contributed by atoms with van der Waals surface area (Å²) in [5.74, 6) is 0. The summed E-state index contributed by atoms with van der Waals surface area (Å²) in [6, 6.07) is 23.5. The Morgan fingerprint density at radius 1 is 0.850 bits per heavy atom. The molecular formula is C18H17NS. The van der Waals surface area contributed by atoms with Gasteiger partial charge in [-0.2, -0.15) is 0 Å². The van der Waals surface area contributed by atoms with E-state index in [-0.39, 0.29) is 0 Å². The van der Waals surface area contributed by atoms with Crippen LogP contribution in [-0.4, -0.2) is 6.54 Å². The van der Waals surface area contributed by atoms with Crippen LogP contribution in [-0.2, 0) is 0 Å². The zero-order valence-electron chi connectivity index (χ0n) is 11.5. The van der Waals surface area contributed by atoms with E-state index in [0.717, 1.165) is 6.54 Å². The second kappa shape index (κ2) is 5.93. The number of rotatable bonds is 4. The van der Waals surface area contributed by atoms with Crippen LogP contribution in [0.3, 0.4) is 0 Å². The molecule has 1 heterocycles. The van der Waals surface area contributed by atoms with Gasteiger partial charge in [0.15, 0.2) is 0 Å². The third-order valence-corrected chi connectivity index (χ3v) is 4.24. The first-order valence-corrected chi connectivity index (χ1v) is 7.73. The first-order chi connectivity index (χ1) is 9.88. The van der Waals surface area contributed by atoms with Gasteiger partial charge in [-0.1, -0.05) is 42.5 Å². The minimum atomic E-state index is 0.971. The van der Waals surface area contributed by atoms with Crippen molar-refractivity contribution in [1.29, 1.82) is 0 Å². The molecule has 0 aliphatic heterocycles. The molecule has 0 saturated carbocycles. The van der Waals surface area contributed by atoms with E-state index in [9.17, 15) is 0 Å². The summed E-state index contributed by atoms with van der Waals surface area (Å²) in [5, 5.41) is 3.41. The number of hydrogen-bond donors (Lipinski definition) is 0. The van der Waals surface area contributed by atoms with Crippen LogP contribution in [0, 0.1) is 0 Å². The highest BCUT2D eigenvalue weighted by atomic mass is 32.1. The zero-order chi connectivity index (χ0) is 13.8. The molecule has 2 heteroatoms. The minimum Gasteiger partial charge on any atom is -0.334 e. The maximum absolute atomic E-state index is 2.34. The summed E-state index contributed by atoms with van der Waals surface area (Å²) < 4.78 is 0. The van der Waals surface area contributed by atoms with Crippen molar-refractivity contribution < 1.29 is 0 Å². The van der Waals surface area contributed by atoms with Gasteiger partial charge in [-0.15, -0.1) is 11.3 Å². The Bertz CT molecular complexity index is 659. The summed E-state index contributed by atoms with van der Waals surface area (Å²) in [7, 11) is 0. The van der Waals surface area contributed by atoms with Gasteiger partial charge in [0.2, 0.25) is 0 Å². The lowest BCUT2D eigenvalue weighted by Gasteiger charge is -2.22. The van der Waals surface area contributed by atoms with Crippen LogP contribution in [0.1, 0.15) is 6.92 Å². The Balaban J connectivity index is 1.99. The summed E-state index contributed by atoms with van der Waals surface area (Å²) in [5.41, 5.74) is 3.77. The van der Waals surface area contributed by atoms with Gasteiger partial charge in [0, 0.05) is 12.2 Å². The van der Waals surface area contributed by atoms with Crippen LogP contribution in [0.4, 0.5) is 10.7 Å². The Kier molecular flexibility index (Phi) is 3.84. The van der Waals surface area contributed by atoms with E-state index in [2.05, 4.69) is 83.9 Å².